The zero-order valence-electron chi connectivity index (χ0n) is 11.9. The van der Waals surface area contributed by atoms with Gasteiger partial charge in [0.2, 0.25) is 5.91 Å². The largest absolute Gasteiger partial charge is 0.545 e. The van der Waals surface area contributed by atoms with Crippen molar-refractivity contribution in [2.75, 3.05) is 10.7 Å². The number of anilines is 2. The van der Waals surface area contributed by atoms with Gasteiger partial charge in [-0.2, -0.15) is 5.10 Å². The van der Waals surface area contributed by atoms with Crippen LogP contribution in [0.5, 0.6) is 0 Å². The summed E-state index contributed by atoms with van der Waals surface area (Å²) in [5, 5.41) is 17.3. The van der Waals surface area contributed by atoms with Crippen molar-refractivity contribution in [2.24, 2.45) is 5.10 Å². The highest BCUT2D eigenvalue weighted by atomic mass is 16.4. The summed E-state index contributed by atoms with van der Waals surface area (Å²) in [5.41, 5.74) is 5.14. The van der Waals surface area contributed by atoms with E-state index in [0.717, 1.165) is 11.3 Å². The standard InChI is InChI=1S/C16H15N3O3/c1-11(20)18-14-6-2-12(3-7-14)10-17-19-15-8-4-13(5-9-15)16(21)22/h2-10,19H,1H3,(H,18,20)(H,21,22)/p-1. The summed E-state index contributed by atoms with van der Waals surface area (Å²) in [6, 6.07) is 13.3. The second-order valence-electron chi connectivity index (χ2n) is 4.54. The molecule has 0 aliphatic carbocycles. The van der Waals surface area contributed by atoms with Crippen LogP contribution in [0.3, 0.4) is 0 Å². The third kappa shape index (κ3) is 4.45. The van der Waals surface area contributed by atoms with Crippen molar-refractivity contribution in [3.8, 4) is 0 Å². The van der Waals surface area contributed by atoms with Crippen LogP contribution in [0, 0.1) is 0 Å². The molecule has 1 amide bonds. The number of hydrazone groups is 1. The Morgan fingerprint density at radius 2 is 1.59 bits per heavy atom. The summed E-state index contributed by atoms with van der Waals surface area (Å²) in [5.74, 6) is -1.34. The topological polar surface area (TPSA) is 93.6 Å². The van der Waals surface area contributed by atoms with Gasteiger partial charge in [0.05, 0.1) is 17.9 Å². The van der Waals surface area contributed by atoms with Crippen LogP contribution in [0.2, 0.25) is 0 Å². The van der Waals surface area contributed by atoms with Gasteiger partial charge < -0.3 is 15.2 Å². The fourth-order valence-electron chi connectivity index (χ4n) is 1.72. The molecule has 0 spiro atoms. The number of carboxylic acids is 1. The Hall–Kier alpha value is -3.15. The second kappa shape index (κ2) is 7.03. The van der Waals surface area contributed by atoms with Crippen molar-refractivity contribution in [1.29, 1.82) is 0 Å². The summed E-state index contributed by atoms with van der Waals surface area (Å²) in [7, 11) is 0. The summed E-state index contributed by atoms with van der Waals surface area (Å²) in [6.07, 6.45) is 1.62. The molecule has 2 N–H and O–H groups in total. The van der Waals surface area contributed by atoms with E-state index in [1.54, 1.807) is 30.5 Å². The van der Waals surface area contributed by atoms with Crippen molar-refractivity contribution in [3.63, 3.8) is 0 Å². The van der Waals surface area contributed by atoms with Gasteiger partial charge in [-0.3, -0.25) is 10.2 Å². The molecule has 0 atom stereocenters. The molecule has 0 fully saturated rings. The number of aromatic carboxylic acids is 1. The van der Waals surface area contributed by atoms with E-state index in [2.05, 4.69) is 15.8 Å². The molecule has 6 heteroatoms. The molecule has 0 aliphatic rings. The minimum Gasteiger partial charge on any atom is -0.545 e. The highest BCUT2D eigenvalue weighted by molar-refractivity contribution is 5.89. The molecule has 0 radical (unpaired) electrons. The quantitative estimate of drug-likeness (QED) is 0.645. The van der Waals surface area contributed by atoms with Crippen LogP contribution in [-0.4, -0.2) is 18.1 Å². The molecule has 2 aromatic carbocycles. The van der Waals surface area contributed by atoms with Crippen LogP contribution in [0.25, 0.3) is 0 Å². The van der Waals surface area contributed by atoms with E-state index < -0.39 is 5.97 Å². The lowest BCUT2D eigenvalue weighted by Crippen LogP contribution is -2.21. The van der Waals surface area contributed by atoms with Crippen LogP contribution >= 0.6 is 0 Å². The molecule has 2 aromatic rings. The smallest absolute Gasteiger partial charge is 0.221 e. The summed E-state index contributed by atoms with van der Waals surface area (Å²) >= 11 is 0. The van der Waals surface area contributed by atoms with Crippen molar-refractivity contribution in [3.05, 3.63) is 59.7 Å². The molecule has 0 unspecified atom stereocenters. The Morgan fingerprint density at radius 1 is 1.00 bits per heavy atom. The molecular weight excluding hydrogens is 282 g/mol. The predicted molar refractivity (Wildman–Crippen MR) is 82.7 cm³/mol. The number of rotatable bonds is 5. The average Bonchev–Trinajstić information content (AvgIpc) is 2.49. The van der Waals surface area contributed by atoms with E-state index in [4.69, 9.17) is 0 Å². The maximum atomic E-state index is 10.9. The van der Waals surface area contributed by atoms with Gasteiger partial charge in [-0.15, -0.1) is 0 Å². The van der Waals surface area contributed by atoms with Crippen molar-refractivity contribution in [1.82, 2.24) is 0 Å². The van der Waals surface area contributed by atoms with Crippen LogP contribution in [0.15, 0.2) is 53.6 Å². The zero-order chi connectivity index (χ0) is 15.9. The summed E-state index contributed by atoms with van der Waals surface area (Å²) < 4.78 is 0. The Labute approximate surface area is 127 Å². The van der Waals surface area contributed by atoms with E-state index in [-0.39, 0.29) is 11.5 Å². The van der Waals surface area contributed by atoms with Crippen molar-refractivity contribution in [2.45, 2.75) is 6.92 Å². The number of nitrogens with one attached hydrogen (secondary N) is 2. The van der Waals surface area contributed by atoms with Crippen LogP contribution in [0.1, 0.15) is 22.8 Å². The lowest BCUT2D eigenvalue weighted by molar-refractivity contribution is -0.255. The number of benzene rings is 2. The highest BCUT2D eigenvalue weighted by Gasteiger charge is 1.95. The Balaban J connectivity index is 1.94. The van der Waals surface area contributed by atoms with Crippen LogP contribution in [-0.2, 0) is 4.79 Å². The molecule has 0 bridgehead atoms. The zero-order valence-corrected chi connectivity index (χ0v) is 11.9. The lowest BCUT2D eigenvalue weighted by atomic mass is 10.2. The monoisotopic (exact) mass is 296 g/mol. The number of amides is 1. The van der Waals surface area contributed by atoms with Crippen LogP contribution < -0.4 is 15.8 Å². The fraction of sp³-hybridized carbons (Fsp3) is 0.0625. The highest BCUT2D eigenvalue weighted by Crippen LogP contribution is 2.10. The van der Waals surface area contributed by atoms with E-state index in [1.807, 2.05) is 12.1 Å². The second-order valence-corrected chi connectivity index (χ2v) is 4.54. The number of carboxylic acid groups (broad SMARTS) is 1. The van der Waals surface area contributed by atoms with Gasteiger partial charge >= 0.3 is 0 Å². The maximum absolute atomic E-state index is 10.9. The predicted octanol–water partition coefficient (Wildman–Crippen LogP) is 1.45. The van der Waals surface area contributed by atoms with E-state index in [9.17, 15) is 14.7 Å². The number of carbonyl (C=O) groups excluding carboxylic acids is 2. The first kappa shape index (κ1) is 15.2. The fourth-order valence-corrected chi connectivity index (χ4v) is 1.72. The van der Waals surface area contributed by atoms with Gasteiger partial charge in [0.25, 0.3) is 0 Å². The van der Waals surface area contributed by atoms with Gasteiger partial charge in [-0.25, -0.2) is 0 Å². The van der Waals surface area contributed by atoms with Crippen LogP contribution in [0.4, 0.5) is 11.4 Å². The minimum atomic E-state index is -1.21. The van der Waals surface area contributed by atoms with E-state index >= 15 is 0 Å². The van der Waals surface area contributed by atoms with E-state index in [0.29, 0.717) is 5.69 Å². The number of nitrogens with zero attached hydrogens (tertiary/aromatic N) is 1. The van der Waals surface area contributed by atoms with Crippen molar-refractivity contribution >= 4 is 29.5 Å². The van der Waals surface area contributed by atoms with E-state index in [1.165, 1.54) is 19.1 Å². The molecule has 22 heavy (non-hydrogen) atoms. The number of carbonyl (C=O) groups is 2. The third-order valence-electron chi connectivity index (χ3n) is 2.76. The lowest BCUT2D eigenvalue weighted by Gasteiger charge is -2.04. The molecule has 0 heterocycles. The first-order valence-electron chi connectivity index (χ1n) is 6.53. The first-order valence-corrected chi connectivity index (χ1v) is 6.53. The normalized spacial score (nSPS) is 10.4. The summed E-state index contributed by atoms with van der Waals surface area (Å²) in [4.78, 5) is 21.5. The third-order valence-corrected chi connectivity index (χ3v) is 2.76. The molecule has 6 nitrogen and oxygen atoms in total. The van der Waals surface area contributed by atoms with Gasteiger partial charge in [-0.05, 0) is 35.4 Å². The Kier molecular flexibility index (Phi) is 4.87. The average molecular weight is 296 g/mol. The number of hydrogen-bond acceptors (Lipinski definition) is 5. The molecule has 0 aliphatic heterocycles. The molecule has 0 aromatic heterocycles. The first-order chi connectivity index (χ1) is 10.5. The van der Waals surface area contributed by atoms with Gasteiger partial charge in [0, 0.05) is 12.6 Å². The molecule has 0 saturated carbocycles. The SMILES string of the molecule is CC(=O)Nc1ccc(C=NNc2ccc(C(=O)[O-])cc2)cc1. The minimum absolute atomic E-state index is 0.114. The maximum Gasteiger partial charge on any atom is 0.221 e. The molecule has 2 rings (SSSR count). The Bertz CT molecular complexity index is 692. The molecular formula is C16H14N3O3-. The Morgan fingerprint density at radius 3 is 2.14 bits per heavy atom. The molecule has 112 valence electrons. The summed E-state index contributed by atoms with van der Waals surface area (Å²) in [6.45, 7) is 1.45. The number of hydrogen-bond donors (Lipinski definition) is 2. The van der Waals surface area contributed by atoms with Crippen molar-refractivity contribution < 1.29 is 14.7 Å². The van der Waals surface area contributed by atoms with Gasteiger partial charge in [0.1, 0.15) is 0 Å². The van der Waals surface area contributed by atoms with Gasteiger partial charge in [0.15, 0.2) is 0 Å². The molecule has 0 saturated heterocycles. The van der Waals surface area contributed by atoms with Gasteiger partial charge in [-0.1, -0.05) is 24.3 Å².